The highest BCUT2D eigenvalue weighted by atomic mass is 19.4. The molecular weight excluding hydrogens is 601 g/mol. The number of aromatic nitrogens is 3. The molecule has 4 aromatic rings. The van der Waals surface area contributed by atoms with Crippen molar-refractivity contribution >= 4 is 11.6 Å². The average molecular weight is 641 g/mol. The molecule has 244 valence electrons. The fraction of sp³-hybridized carbons (Fsp3) is 0.342. The van der Waals surface area contributed by atoms with Crippen molar-refractivity contribution < 1.29 is 22.7 Å². The maximum Gasteiger partial charge on any atom is 0.416 e. The van der Waals surface area contributed by atoms with Crippen molar-refractivity contribution in [2.75, 3.05) is 11.5 Å². The van der Waals surface area contributed by atoms with Gasteiger partial charge in [-0.05, 0) is 90.6 Å². The van der Waals surface area contributed by atoms with Crippen molar-refractivity contribution in [2.24, 2.45) is 0 Å². The predicted molar refractivity (Wildman–Crippen MR) is 176 cm³/mol. The van der Waals surface area contributed by atoms with Gasteiger partial charge in [0, 0.05) is 17.5 Å². The van der Waals surface area contributed by atoms with Crippen molar-refractivity contribution in [3.05, 3.63) is 131 Å². The summed E-state index contributed by atoms with van der Waals surface area (Å²) in [6, 6.07) is 15.0. The molecule has 0 aliphatic heterocycles. The van der Waals surface area contributed by atoms with Gasteiger partial charge in [0.1, 0.15) is 12.4 Å². The molecule has 2 aliphatic carbocycles. The number of carbonyl (C=O) groups is 1. The standard InChI is InChI=1S/C38H39F3N4O2/c1-26(2)35-19-18-31(21-42-35)45(24-29-20-43-44(23-29)22-27-14-16-30(17-15-27)38(39,40)41)37(46)34-12-6-11-33-32(34)10-7-13-36(33)47-25-28-8-4-3-5-9-28/h3-4,7-8,10,13-21,23,26,34H,5-6,9,11-12,22,24-25H2,1-2H3. The van der Waals surface area contributed by atoms with Crippen LogP contribution in [-0.2, 0) is 30.5 Å². The molecule has 0 spiro atoms. The molecule has 2 aliphatic rings. The van der Waals surface area contributed by atoms with Gasteiger partial charge in [-0.1, -0.05) is 56.3 Å². The lowest BCUT2D eigenvalue weighted by Gasteiger charge is -2.31. The first-order valence-electron chi connectivity index (χ1n) is 16.2. The summed E-state index contributed by atoms with van der Waals surface area (Å²) in [6.45, 7) is 5.28. The molecular formula is C38H39F3N4O2. The monoisotopic (exact) mass is 640 g/mol. The number of amides is 1. The van der Waals surface area contributed by atoms with Crippen LogP contribution in [0.3, 0.4) is 0 Å². The Hall–Kier alpha value is -4.66. The summed E-state index contributed by atoms with van der Waals surface area (Å²) < 4.78 is 47.0. The Bertz CT molecular complexity index is 1750. The lowest BCUT2D eigenvalue weighted by molar-refractivity contribution is -0.137. The Morgan fingerprint density at radius 2 is 1.87 bits per heavy atom. The van der Waals surface area contributed by atoms with E-state index in [0.717, 1.165) is 72.4 Å². The van der Waals surface area contributed by atoms with Crippen LogP contribution in [0.2, 0.25) is 0 Å². The lowest BCUT2D eigenvalue weighted by atomic mass is 9.81. The van der Waals surface area contributed by atoms with Crippen LogP contribution >= 0.6 is 0 Å². The van der Waals surface area contributed by atoms with Crippen molar-refractivity contribution in [3.63, 3.8) is 0 Å². The minimum Gasteiger partial charge on any atom is -0.489 e. The van der Waals surface area contributed by atoms with E-state index in [9.17, 15) is 18.0 Å². The van der Waals surface area contributed by atoms with Crippen molar-refractivity contribution in [1.29, 1.82) is 0 Å². The smallest absolute Gasteiger partial charge is 0.416 e. The second-order valence-corrected chi connectivity index (χ2v) is 12.6. The average Bonchev–Trinajstić information content (AvgIpc) is 3.52. The number of halogens is 3. The number of benzene rings is 2. The minimum atomic E-state index is -4.38. The topological polar surface area (TPSA) is 60.2 Å². The Kier molecular flexibility index (Phi) is 9.61. The molecule has 2 aromatic carbocycles. The largest absolute Gasteiger partial charge is 0.489 e. The summed E-state index contributed by atoms with van der Waals surface area (Å²) in [5.41, 5.74) is 5.83. The van der Waals surface area contributed by atoms with Crippen LogP contribution in [0.15, 0.2) is 97.0 Å². The van der Waals surface area contributed by atoms with Crippen LogP contribution in [-0.4, -0.2) is 27.3 Å². The lowest BCUT2D eigenvalue weighted by Crippen LogP contribution is -2.36. The number of nitrogens with zero attached hydrogens (tertiary/aromatic N) is 4. The third kappa shape index (κ3) is 7.67. The SMILES string of the molecule is CC(C)c1ccc(N(Cc2cnn(Cc3ccc(C(F)(F)F)cc3)c2)C(=O)C2CCCc3c(OCC4=CC=CCC4)cccc32)cn1. The predicted octanol–water partition coefficient (Wildman–Crippen LogP) is 8.78. The third-order valence-corrected chi connectivity index (χ3v) is 8.87. The maximum absolute atomic E-state index is 14.5. The summed E-state index contributed by atoms with van der Waals surface area (Å²) in [4.78, 5) is 21.0. The molecule has 6 nitrogen and oxygen atoms in total. The zero-order valence-electron chi connectivity index (χ0n) is 26.7. The van der Waals surface area contributed by atoms with E-state index in [2.05, 4.69) is 42.2 Å². The van der Waals surface area contributed by atoms with Crippen LogP contribution < -0.4 is 9.64 Å². The molecule has 6 rings (SSSR count). The van der Waals surface area contributed by atoms with E-state index >= 15 is 0 Å². The van der Waals surface area contributed by atoms with Gasteiger partial charge in [-0.15, -0.1) is 0 Å². The molecule has 2 aromatic heterocycles. The van der Waals surface area contributed by atoms with Crippen molar-refractivity contribution in [2.45, 2.75) is 77.1 Å². The number of fused-ring (bicyclic) bond motifs is 1. The molecule has 2 heterocycles. The van der Waals surface area contributed by atoms with Gasteiger partial charge in [-0.25, -0.2) is 0 Å². The Morgan fingerprint density at radius 1 is 1.04 bits per heavy atom. The Morgan fingerprint density at radius 3 is 2.57 bits per heavy atom. The van der Waals surface area contributed by atoms with Gasteiger partial charge in [0.2, 0.25) is 5.91 Å². The fourth-order valence-corrected chi connectivity index (χ4v) is 6.28. The van der Waals surface area contributed by atoms with Crippen molar-refractivity contribution in [3.8, 4) is 5.75 Å². The number of alkyl halides is 3. The van der Waals surface area contributed by atoms with E-state index in [4.69, 9.17) is 4.74 Å². The van der Waals surface area contributed by atoms with Crippen molar-refractivity contribution in [1.82, 2.24) is 14.8 Å². The molecule has 1 atom stereocenters. The molecule has 0 radical (unpaired) electrons. The number of rotatable bonds is 10. The zero-order valence-corrected chi connectivity index (χ0v) is 26.7. The first-order valence-corrected chi connectivity index (χ1v) is 16.2. The molecule has 1 unspecified atom stereocenters. The van der Waals surface area contributed by atoms with E-state index in [-0.39, 0.29) is 24.3 Å². The van der Waals surface area contributed by atoms with Crippen LogP contribution in [0.4, 0.5) is 18.9 Å². The zero-order chi connectivity index (χ0) is 33.0. The molecule has 9 heteroatoms. The van der Waals surface area contributed by atoms with Gasteiger partial charge in [0.25, 0.3) is 0 Å². The van der Waals surface area contributed by atoms with Gasteiger partial charge < -0.3 is 9.64 Å². The highest BCUT2D eigenvalue weighted by molar-refractivity contribution is 5.98. The van der Waals surface area contributed by atoms with E-state index < -0.39 is 11.7 Å². The Balaban J connectivity index is 1.24. The van der Waals surface area contributed by atoms with E-state index in [1.165, 1.54) is 17.7 Å². The first kappa shape index (κ1) is 32.3. The molecule has 0 N–H and O–H groups in total. The summed E-state index contributed by atoms with van der Waals surface area (Å²) in [7, 11) is 0. The number of hydrogen-bond donors (Lipinski definition) is 0. The van der Waals surface area contributed by atoms with Crippen LogP contribution in [0.25, 0.3) is 0 Å². The normalized spacial score (nSPS) is 16.1. The van der Waals surface area contributed by atoms with E-state index in [0.29, 0.717) is 24.4 Å². The highest BCUT2D eigenvalue weighted by Crippen LogP contribution is 2.39. The van der Waals surface area contributed by atoms with Gasteiger partial charge in [0.15, 0.2) is 0 Å². The third-order valence-electron chi connectivity index (χ3n) is 8.87. The second-order valence-electron chi connectivity index (χ2n) is 12.6. The molecule has 0 fully saturated rings. The van der Waals surface area contributed by atoms with Gasteiger partial charge in [-0.3, -0.25) is 14.5 Å². The number of hydrogen-bond acceptors (Lipinski definition) is 4. The van der Waals surface area contributed by atoms with Gasteiger partial charge >= 0.3 is 6.18 Å². The summed E-state index contributed by atoms with van der Waals surface area (Å²) >= 11 is 0. The molecule has 0 saturated heterocycles. The summed E-state index contributed by atoms with van der Waals surface area (Å²) in [6.07, 6.45) is 11.7. The van der Waals surface area contributed by atoms with Crippen LogP contribution in [0.5, 0.6) is 5.75 Å². The molecule has 0 bridgehead atoms. The number of pyridine rings is 1. The molecule has 47 heavy (non-hydrogen) atoms. The second kappa shape index (κ2) is 14.0. The van der Waals surface area contributed by atoms with E-state index in [1.807, 2.05) is 36.5 Å². The Labute approximate surface area is 273 Å². The number of carbonyl (C=O) groups excluding carboxylic acids is 1. The maximum atomic E-state index is 14.5. The molecule has 1 amide bonds. The van der Waals surface area contributed by atoms with Gasteiger partial charge in [0.05, 0.1) is 42.7 Å². The minimum absolute atomic E-state index is 0.0159. The highest BCUT2D eigenvalue weighted by Gasteiger charge is 2.33. The number of allylic oxidation sites excluding steroid dienone is 3. The quantitative estimate of drug-likeness (QED) is 0.174. The summed E-state index contributed by atoms with van der Waals surface area (Å²) in [5.74, 6) is 0.735. The van der Waals surface area contributed by atoms with Crippen LogP contribution in [0.1, 0.15) is 84.9 Å². The summed E-state index contributed by atoms with van der Waals surface area (Å²) in [5, 5.41) is 4.46. The van der Waals surface area contributed by atoms with Crippen LogP contribution in [0, 0.1) is 0 Å². The first-order chi connectivity index (χ1) is 22.7. The van der Waals surface area contributed by atoms with Gasteiger partial charge in [-0.2, -0.15) is 18.3 Å². The number of anilines is 1. The number of ether oxygens (including phenoxy) is 1. The fourth-order valence-electron chi connectivity index (χ4n) is 6.28. The van der Waals surface area contributed by atoms with E-state index in [1.54, 1.807) is 22.0 Å². The molecule has 0 saturated carbocycles.